The molecule has 5 heteroatoms. The van der Waals surface area contributed by atoms with Crippen LogP contribution in [0.2, 0.25) is 0 Å². The van der Waals surface area contributed by atoms with Gasteiger partial charge in [-0.05, 0) is 31.7 Å². The minimum atomic E-state index is -0.147. The molecule has 19 heavy (non-hydrogen) atoms. The van der Waals surface area contributed by atoms with Crippen LogP contribution in [0.4, 0.5) is 0 Å². The standard InChI is InChI=1S/C14H21N3OS/c1-11(19-14-15-8-5-9-16-14)13(18)17-10-12-6-3-2-4-7-12/h5,8-9,11-12H,2-4,6-7,10H2,1H3,(H,17,18)/t11-/m0/s1. The first-order valence-electron chi connectivity index (χ1n) is 6.97. The maximum absolute atomic E-state index is 12.0. The summed E-state index contributed by atoms with van der Waals surface area (Å²) in [6.45, 7) is 2.72. The number of nitrogens with zero attached hydrogens (tertiary/aromatic N) is 2. The molecule has 1 aliphatic carbocycles. The van der Waals surface area contributed by atoms with Gasteiger partial charge >= 0.3 is 0 Å². The van der Waals surface area contributed by atoms with E-state index in [1.165, 1.54) is 43.9 Å². The fraction of sp³-hybridized carbons (Fsp3) is 0.643. The lowest BCUT2D eigenvalue weighted by Crippen LogP contribution is -2.35. The van der Waals surface area contributed by atoms with Gasteiger partial charge in [-0.1, -0.05) is 31.0 Å². The van der Waals surface area contributed by atoms with Gasteiger partial charge in [-0.3, -0.25) is 4.79 Å². The predicted octanol–water partition coefficient (Wildman–Crippen LogP) is 2.65. The average molecular weight is 279 g/mol. The molecule has 1 aliphatic rings. The molecule has 1 amide bonds. The molecule has 1 aromatic heterocycles. The van der Waals surface area contributed by atoms with Crippen molar-refractivity contribution in [3.63, 3.8) is 0 Å². The van der Waals surface area contributed by atoms with Gasteiger partial charge in [0.2, 0.25) is 5.91 Å². The molecular formula is C14H21N3OS. The first-order chi connectivity index (χ1) is 9.25. The highest BCUT2D eigenvalue weighted by atomic mass is 32.2. The van der Waals surface area contributed by atoms with Gasteiger partial charge in [-0.2, -0.15) is 0 Å². The highest BCUT2D eigenvalue weighted by Crippen LogP contribution is 2.23. The molecule has 0 saturated heterocycles. The topological polar surface area (TPSA) is 54.9 Å². The van der Waals surface area contributed by atoms with Crippen LogP contribution in [0.15, 0.2) is 23.6 Å². The normalized spacial score (nSPS) is 17.9. The summed E-state index contributed by atoms with van der Waals surface area (Å²) in [5.41, 5.74) is 0. The Kier molecular flexibility index (Phi) is 5.63. The predicted molar refractivity (Wildman–Crippen MR) is 76.9 cm³/mol. The average Bonchev–Trinajstić information content (AvgIpc) is 2.47. The molecule has 1 fully saturated rings. The van der Waals surface area contributed by atoms with Gasteiger partial charge < -0.3 is 5.32 Å². The highest BCUT2D eigenvalue weighted by molar-refractivity contribution is 8.00. The molecule has 0 aliphatic heterocycles. The second kappa shape index (κ2) is 7.48. The lowest BCUT2D eigenvalue weighted by Gasteiger charge is -2.22. The van der Waals surface area contributed by atoms with E-state index in [9.17, 15) is 4.79 Å². The molecule has 0 spiro atoms. The Balaban J connectivity index is 1.73. The summed E-state index contributed by atoms with van der Waals surface area (Å²) < 4.78 is 0. The van der Waals surface area contributed by atoms with Crippen LogP contribution in [0.25, 0.3) is 0 Å². The third-order valence-corrected chi connectivity index (χ3v) is 4.47. The van der Waals surface area contributed by atoms with Crippen LogP contribution in [0.1, 0.15) is 39.0 Å². The van der Waals surface area contributed by atoms with Crippen LogP contribution in [-0.4, -0.2) is 27.7 Å². The molecule has 1 heterocycles. The smallest absolute Gasteiger partial charge is 0.233 e. The van der Waals surface area contributed by atoms with Crippen molar-refractivity contribution in [2.24, 2.45) is 5.92 Å². The molecule has 4 nitrogen and oxygen atoms in total. The van der Waals surface area contributed by atoms with Crippen molar-refractivity contribution >= 4 is 17.7 Å². The van der Waals surface area contributed by atoms with Gasteiger partial charge in [-0.15, -0.1) is 0 Å². The van der Waals surface area contributed by atoms with Crippen molar-refractivity contribution in [3.8, 4) is 0 Å². The summed E-state index contributed by atoms with van der Waals surface area (Å²) in [6.07, 6.45) is 9.87. The van der Waals surface area contributed by atoms with E-state index in [-0.39, 0.29) is 11.2 Å². The summed E-state index contributed by atoms with van der Waals surface area (Å²) in [4.78, 5) is 20.2. The highest BCUT2D eigenvalue weighted by Gasteiger charge is 2.18. The number of carbonyl (C=O) groups excluding carboxylic acids is 1. The van der Waals surface area contributed by atoms with Crippen LogP contribution < -0.4 is 5.32 Å². The maximum atomic E-state index is 12.0. The number of carbonyl (C=O) groups is 1. The van der Waals surface area contributed by atoms with E-state index in [1.807, 2.05) is 6.92 Å². The number of aromatic nitrogens is 2. The molecular weight excluding hydrogens is 258 g/mol. The van der Waals surface area contributed by atoms with Gasteiger partial charge in [0.15, 0.2) is 5.16 Å². The quantitative estimate of drug-likeness (QED) is 0.665. The summed E-state index contributed by atoms with van der Waals surface area (Å²) >= 11 is 1.40. The molecule has 2 rings (SSSR count). The number of amides is 1. The summed E-state index contributed by atoms with van der Waals surface area (Å²) in [5.74, 6) is 0.755. The number of thioether (sulfide) groups is 1. The third-order valence-electron chi connectivity index (χ3n) is 3.48. The largest absolute Gasteiger partial charge is 0.355 e. The molecule has 104 valence electrons. The number of hydrogen-bond donors (Lipinski definition) is 1. The van der Waals surface area contributed by atoms with Crippen molar-refractivity contribution in [2.75, 3.05) is 6.54 Å². The van der Waals surface area contributed by atoms with Crippen LogP contribution in [0.3, 0.4) is 0 Å². The minimum absolute atomic E-state index is 0.0861. The van der Waals surface area contributed by atoms with Gasteiger partial charge in [0.1, 0.15) is 0 Å². The molecule has 0 bridgehead atoms. The van der Waals surface area contributed by atoms with Crippen molar-refractivity contribution in [1.29, 1.82) is 0 Å². The van der Waals surface area contributed by atoms with E-state index < -0.39 is 0 Å². The molecule has 0 unspecified atom stereocenters. The zero-order chi connectivity index (χ0) is 13.5. The van der Waals surface area contributed by atoms with Gasteiger partial charge in [0.05, 0.1) is 5.25 Å². The lowest BCUT2D eigenvalue weighted by atomic mass is 9.89. The Labute approximate surface area is 118 Å². The van der Waals surface area contributed by atoms with E-state index in [1.54, 1.807) is 18.5 Å². The third kappa shape index (κ3) is 4.82. The van der Waals surface area contributed by atoms with Gasteiger partial charge in [-0.25, -0.2) is 9.97 Å². The first-order valence-corrected chi connectivity index (χ1v) is 7.85. The zero-order valence-corrected chi connectivity index (χ0v) is 12.2. The van der Waals surface area contributed by atoms with E-state index in [0.29, 0.717) is 11.1 Å². The monoisotopic (exact) mass is 279 g/mol. The van der Waals surface area contributed by atoms with E-state index in [4.69, 9.17) is 0 Å². The Morgan fingerprint density at radius 3 is 2.74 bits per heavy atom. The van der Waals surface area contributed by atoms with Crippen LogP contribution in [-0.2, 0) is 4.79 Å². The molecule has 1 saturated carbocycles. The maximum Gasteiger partial charge on any atom is 0.233 e. The molecule has 1 N–H and O–H groups in total. The second-order valence-electron chi connectivity index (χ2n) is 5.04. The Bertz CT molecular complexity index is 393. The lowest BCUT2D eigenvalue weighted by molar-refractivity contribution is -0.120. The molecule has 1 atom stereocenters. The Morgan fingerprint density at radius 2 is 2.05 bits per heavy atom. The van der Waals surface area contributed by atoms with Gasteiger partial charge in [0.25, 0.3) is 0 Å². The number of rotatable bonds is 5. The van der Waals surface area contributed by atoms with Crippen molar-refractivity contribution in [3.05, 3.63) is 18.5 Å². The first kappa shape index (κ1) is 14.3. The number of hydrogen-bond acceptors (Lipinski definition) is 4. The summed E-state index contributed by atoms with van der Waals surface area (Å²) in [7, 11) is 0. The van der Waals surface area contributed by atoms with Crippen LogP contribution >= 0.6 is 11.8 Å². The minimum Gasteiger partial charge on any atom is -0.355 e. The zero-order valence-electron chi connectivity index (χ0n) is 11.3. The van der Waals surface area contributed by atoms with Crippen molar-refractivity contribution < 1.29 is 4.79 Å². The van der Waals surface area contributed by atoms with Crippen LogP contribution in [0, 0.1) is 5.92 Å². The number of nitrogens with one attached hydrogen (secondary N) is 1. The van der Waals surface area contributed by atoms with E-state index in [0.717, 1.165) is 6.54 Å². The molecule has 0 radical (unpaired) electrons. The van der Waals surface area contributed by atoms with Crippen LogP contribution in [0.5, 0.6) is 0 Å². The summed E-state index contributed by atoms with van der Waals surface area (Å²) in [5, 5.41) is 3.57. The van der Waals surface area contributed by atoms with E-state index >= 15 is 0 Å². The van der Waals surface area contributed by atoms with Crippen molar-refractivity contribution in [1.82, 2.24) is 15.3 Å². The molecule has 1 aromatic rings. The SMILES string of the molecule is C[C@H](Sc1ncccn1)C(=O)NCC1CCCCC1. The summed E-state index contributed by atoms with van der Waals surface area (Å²) in [6, 6.07) is 1.78. The molecule has 0 aromatic carbocycles. The van der Waals surface area contributed by atoms with E-state index in [2.05, 4.69) is 15.3 Å². The Morgan fingerprint density at radius 1 is 1.37 bits per heavy atom. The second-order valence-corrected chi connectivity index (χ2v) is 6.35. The Hall–Kier alpha value is -1.10. The van der Waals surface area contributed by atoms with Gasteiger partial charge in [0, 0.05) is 18.9 Å². The fourth-order valence-electron chi connectivity index (χ4n) is 2.34. The fourth-order valence-corrected chi connectivity index (χ4v) is 3.09. The van der Waals surface area contributed by atoms with Crippen molar-refractivity contribution in [2.45, 2.75) is 49.4 Å².